The number of rotatable bonds is 5. The van der Waals surface area contributed by atoms with Crippen LogP contribution in [0.4, 0.5) is 0 Å². The quantitative estimate of drug-likeness (QED) is 0.877. The van der Waals surface area contributed by atoms with Gasteiger partial charge in [-0.25, -0.2) is 0 Å². The van der Waals surface area contributed by atoms with Gasteiger partial charge in [0.15, 0.2) is 0 Å². The van der Waals surface area contributed by atoms with E-state index in [9.17, 15) is 9.32 Å². The van der Waals surface area contributed by atoms with Gasteiger partial charge in [-0.05, 0) is 30.5 Å². The van der Waals surface area contributed by atoms with E-state index in [2.05, 4.69) is 12.2 Å². The van der Waals surface area contributed by atoms with Crippen molar-refractivity contribution in [2.45, 2.75) is 50.2 Å². The van der Waals surface area contributed by atoms with Gasteiger partial charge in [0.05, 0.1) is 6.10 Å². The Bertz CT molecular complexity index is 460. The van der Waals surface area contributed by atoms with E-state index in [0.717, 1.165) is 37.2 Å². The van der Waals surface area contributed by atoms with Crippen LogP contribution < -0.4 is 5.32 Å². The van der Waals surface area contributed by atoms with Crippen LogP contribution in [0.5, 0.6) is 0 Å². The van der Waals surface area contributed by atoms with Gasteiger partial charge in [-0.15, -0.1) is 0 Å². The van der Waals surface area contributed by atoms with Crippen LogP contribution in [0.1, 0.15) is 38.2 Å². The summed E-state index contributed by atoms with van der Waals surface area (Å²) in [6.45, 7) is 3.81. The summed E-state index contributed by atoms with van der Waals surface area (Å²) in [5.41, 5.74) is 1.19. The summed E-state index contributed by atoms with van der Waals surface area (Å²) in [6, 6.07) is 7.88. The fourth-order valence-corrected chi connectivity index (χ4v) is 3.40. The summed E-state index contributed by atoms with van der Waals surface area (Å²) in [5.74, 6) is 0. The lowest BCUT2D eigenvalue weighted by atomic mass is 9.73. The highest BCUT2D eigenvalue weighted by Crippen LogP contribution is 2.35. The van der Waals surface area contributed by atoms with Gasteiger partial charge in [0.25, 0.3) is 0 Å². The second kappa shape index (κ2) is 6.83. The summed E-state index contributed by atoms with van der Waals surface area (Å²) < 4.78 is 11.3. The van der Waals surface area contributed by atoms with Crippen molar-refractivity contribution in [2.24, 2.45) is 5.41 Å². The minimum absolute atomic E-state index is 0.00308. The molecule has 1 aromatic carbocycles. The topological polar surface area (TPSA) is 49.3 Å². The fourth-order valence-electron chi connectivity index (χ4n) is 2.88. The van der Waals surface area contributed by atoms with Crippen molar-refractivity contribution in [1.82, 2.24) is 5.32 Å². The molecule has 3 unspecified atom stereocenters. The first-order chi connectivity index (χ1) is 9.51. The molecule has 0 aromatic heterocycles. The molecule has 0 amide bonds. The standard InChI is InChI=1S/C16H25NO2S/c1-16(10-4-3-5-15(16)18)12-17-11-13-6-8-14(9-7-13)20(2)19/h6-9,15,17-18H,3-5,10-12H2,1-2H3. The largest absolute Gasteiger partial charge is 0.393 e. The SMILES string of the molecule is CS(=O)c1ccc(CNCC2(C)CCCCC2O)cc1. The van der Waals surface area contributed by atoms with Gasteiger partial charge >= 0.3 is 0 Å². The molecule has 1 aliphatic rings. The summed E-state index contributed by atoms with van der Waals surface area (Å²) in [4.78, 5) is 0.864. The molecule has 0 radical (unpaired) electrons. The third-order valence-electron chi connectivity index (χ3n) is 4.39. The molecule has 3 atom stereocenters. The van der Waals surface area contributed by atoms with Crippen molar-refractivity contribution in [3.63, 3.8) is 0 Å². The molecule has 1 saturated carbocycles. The Morgan fingerprint density at radius 1 is 1.35 bits per heavy atom. The Kier molecular flexibility index (Phi) is 5.35. The van der Waals surface area contributed by atoms with E-state index in [0.29, 0.717) is 0 Å². The molecule has 2 rings (SSSR count). The van der Waals surface area contributed by atoms with E-state index in [-0.39, 0.29) is 11.5 Å². The first kappa shape index (κ1) is 15.7. The summed E-state index contributed by atoms with van der Waals surface area (Å²) in [7, 11) is -0.912. The van der Waals surface area contributed by atoms with E-state index in [1.54, 1.807) is 6.26 Å². The molecule has 0 saturated heterocycles. The number of aliphatic hydroxyl groups excluding tert-OH is 1. The van der Waals surface area contributed by atoms with Crippen molar-refractivity contribution in [1.29, 1.82) is 0 Å². The van der Waals surface area contributed by atoms with Crippen LogP contribution in [-0.4, -0.2) is 28.2 Å². The molecule has 1 aromatic rings. The van der Waals surface area contributed by atoms with Crippen molar-refractivity contribution in [3.05, 3.63) is 29.8 Å². The third kappa shape index (κ3) is 3.90. The van der Waals surface area contributed by atoms with E-state index < -0.39 is 10.8 Å². The third-order valence-corrected chi connectivity index (χ3v) is 5.33. The first-order valence-corrected chi connectivity index (χ1v) is 8.88. The van der Waals surface area contributed by atoms with Crippen LogP contribution in [0.25, 0.3) is 0 Å². The summed E-state index contributed by atoms with van der Waals surface area (Å²) in [5, 5.41) is 13.6. The number of benzene rings is 1. The zero-order valence-corrected chi connectivity index (χ0v) is 13.2. The van der Waals surface area contributed by atoms with Crippen LogP contribution >= 0.6 is 0 Å². The lowest BCUT2D eigenvalue weighted by Crippen LogP contribution is -2.43. The Morgan fingerprint density at radius 3 is 2.65 bits per heavy atom. The zero-order chi connectivity index (χ0) is 14.6. The highest BCUT2D eigenvalue weighted by molar-refractivity contribution is 7.84. The Hall–Kier alpha value is -0.710. The van der Waals surface area contributed by atoms with Crippen molar-refractivity contribution in [3.8, 4) is 0 Å². The van der Waals surface area contributed by atoms with Crippen molar-refractivity contribution < 1.29 is 9.32 Å². The average molecular weight is 295 g/mol. The normalized spacial score (nSPS) is 28.2. The first-order valence-electron chi connectivity index (χ1n) is 7.32. The highest BCUT2D eigenvalue weighted by atomic mass is 32.2. The fraction of sp³-hybridized carbons (Fsp3) is 0.625. The zero-order valence-electron chi connectivity index (χ0n) is 12.4. The lowest BCUT2D eigenvalue weighted by Gasteiger charge is -2.38. The predicted octanol–water partition coefficient (Wildman–Crippen LogP) is 2.45. The second-order valence-electron chi connectivity index (χ2n) is 6.12. The van der Waals surface area contributed by atoms with Gasteiger partial charge in [-0.3, -0.25) is 4.21 Å². The lowest BCUT2D eigenvalue weighted by molar-refractivity contribution is 0.00115. The van der Waals surface area contributed by atoms with Gasteiger partial charge in [-0.1, -0.05) is 31.9 Å². The maximum atomic E-state index is 11.3. The smallest absolute Gasteiger partial charge is 0.0605 e. The number of aliphatic hydroxyl groups is 1. The molecule has 20 heavy (non-hydrogen) atoms. The van der Waals surface area contributed by atoms with Crippen LogP contribution in [0.3, 0.4) is 0 Å². The maximum absolute atomic E-state index is 11.3. The van der Waals surface area contributed by atoms with Gasteiger partial charge < -0.3 is 10.4 Å². The Labute approximate surface area is 124 Å². The summed E-state index contributed by atoms with van der Waals surface area (Å²) >= 11 is 0. The molecule has 1 fully saturated rings. The van der Waals surface area contributed by atoms with Crippen LogP contribution in [0.15, 0.2) is 29.2 Å². The molecule has 4 heteroatoms. The van der Waals surface area contributed by atoms with Gasteiger partial charge in [0.1, 0.15) is 0 Å². The minimum atomic E-state index is -0.912. The average Bonchev–Trinajstić information content (AvgIpc) is 2.43. The molecular weight excluding hydrogens is 270 g/mol. The molecule has 3 nitrogen and oxygen atoms in total. The molecule has 1 aliphatic carbocycles. The minimum Gasteiger partial charge on any atom is -0.393 e. The molecule has 0 spiro atoms. The number of nitrogens with one attached hydrogen (secondary N) is 1. The van der Waals surface area contributed by atoms with E-state index >= 15 is 0 Å². The van der Waals surface area contributed by atoms with Crippen LogP contribution in [-0.2, 0) is 17.3 Å². The van der Waals surface area contributed by atoms with Gasteiger partial charge in [0.2, 0.25) is 0 Å². The van der Waals surface area contributed by atoms with E-state index in [1.807, 2.05) is 24.3 Å². The van der Waals surface area contributed by atoms with Crippen LogP contribution in [0, 0.1) is 5.41 Å². The molecule has 0 bridgehead atoms. The van der Waals surface area contributed by atoms with Gasteiger partial charge in [-0.2, -0.15) is 0 Å². The number of hydrogen-bond donors (Lipinski definition) is 2. The van der Waals surface area contributed by atoms with Crippen molar-refractivity contribution >= 4 is 10.8 Å². The number of hydrogen-bond acceptors (Lipinski definition) is 3. The molecule has 0 heterocycles. The van der Waals surface area contributed by atoms with Crippen LogP contribution in [0.2, 0.25) is 0 Å². The summed E-state index contributed by atoms with van der Waals surface area (Å²) in [6.07, 6.45) is 5.88. The monoisotopic (exact) mass is 295 g/mol. The molecule has 2 N–H and O–H groups in total. The second-order valence-corrected chi connectivity index (χ2v) is 7.50. The predicted molar refractivity (Wildman–Crippen MR) is 83.1 cm³/mol. The maximum Gasteiger partial charge on any atom is 0.0605 e. The van der Waals surface area contributed by atoms with E-state index in [4.69, 9.17) is 0 Å². The highest BCUT2D eigenvalue weighted by Gasteiger charge is 2.34. The molecular formula is C16H25NO2S. The Morgan fingerprint density at radius 2 is 2.05 bits per heavy atom. The Balaban J connectivity index is 1.84. The van der Waals surface area contributed by atoms with Gasteiger partial charge in [0, 0.05) is 40.5 Å². The molecule has 112 valence electrons. The van der Waals surface area contributed by atoms with Crippen molar-refractivity contribution in [2.75, 3.05) is 12.8 Å². The van der Waals surface area contributed by atoms with E-state index in [1.165, 1.54) is 12.0 Å². The molecule has 0 aliphatic heterocycles.